The molecule has 1 atom stereocenters. The van der Waals surface area contributed by atoms with Gasteiger partial charge in [0.15, 0.2) is 6.10 Å². The van der Waals surface area contributed by atoms with Crippen LogP contribution in [0.3, 0.4) is 0 Å². The Bertz CT molecular complexity index is 725. The molecule has 1 N–H and O–H groups in total. The number of nitrogens with zero attached hydrogens (tertiary/aromatic N) is 2. The van der Waals surface area contributed by atoms with Crippen LogP contribution in [-0.2, 0) is 4.79 Å². The summed E-state index contributed by atoms with van der Waals surface area (Å²) in [5, 5.41) is 12.5. The summed E-state index contributed by atoms with van der Waals surface area (Å²) in [5.41, 5.74) is 2.91. The smallest absolute Gasteiger partial charge is 0.280 e. The second-order valence-electron chi connectivity index (χ2n) is 4.53. The van der Waals surface area contributed by atoms with E-state index in [9.17, 15) is 4.79 Å². The monoisotopic (exact) mass is 309 g/mol. The van der Waals surface area contributed by atoms with Crippen LogP contribution in [0.4, 0.5) is 0 Å². The standard InChI is InChI=1S/C17H15N3O3/c1-13(23-16-8-6-14(12-18)7-9-16)17(21)20-19-10-2-4-15-5-3-11-22-15/h2-11,13H,1H3,(H,20,21). The lowest BCUT2D eigenvalue weighted by Gasteiger charge is -2.12. The van der Waals surface area contributed by atoms with Gasteiger partial charge in [0.2, 0.25) is 0 Å². The average molecular weight is 309 g/mol. The highest BCUT2D eigenvalue weighted by Crippen LogP contribution is 2.13. The minimum absolute atomic E-state index is 0.378. The number of nitriles is 1. The molecular weight excluding hydrogens is 294 g/mol. The van der Waals surface area contributed by atoms with E-state index in [1.54, 1.807) is 61.7 Å². The molecule has 0 aliphatic carbocycles. The molecular formula is C17H15N3O3. The topological polar surface area (TPSA) is 87.6 Å². The molecule has 6 nitrogen and oxygen atoms in total. The summed E-state index contributed by atoms with van der Waals surface area (Å²) in [7, 11) is 0. The van der Waals surface area contributed by atoms with Crippen molar-refractivity contribution in [2.24, 2.45) is 5.10 Å². The summed E-state index contributed by atoms with van der Waals surface area (Å²) in [4.78, 5) is 11.8. The average Bonchev–Trinajstić information content (AvgIpc) is 3.08. The number of ether oxygens (including phenoxy) is 1. The molecule has 1 aromatic heterocycles. The molecule has 0 aliphatic heterocycles. The van der Waals surface area contributed by atoms with Gasteiger partial charge in [-0.15, -0.1) is 0 Å². The van der Waals surface area contributed by atoms with E-state index < -0.39 is 6.10 Å². The number of rotatable bonds is 6. The second-order valence-corrected chi connectivity index (χ2v) is 4.53. The lowest BCUT2D eigenvalue weighted by Crippen LogP contribution is -2.33. The lowest BCUT2D eigenvalue weighted by atomic mass is 10.2. The minimum Gasteiger partial charge on any atom is -0.481 e. The van der Waals surface area contributed by atoms with Gasteiger partial charge >= 0.3 is 0 Å². The number of furan rings is 1. The first kappa shape index (κ1) is 16.0. The number of benzene rings is 1. The molecule has 0 fully saturated rings. The highest BCUT2D eigenvalue weighted by Gasteiger charge is 2.13. The third kappa shape index (κ3) is 5.17. The van der Waals surface area contributed by atoms with Gasteiger partial charge in [0.1, 0.15) is 11.5 Å². The zero-order valence-corrected chi connectivity index (χ0v) is 12.5. The van der Waals surface area contributed by atoms with Crippen LogP contribution in [0.1, 0.15) is 18.2 Å². The van der Waals surface area contributed by atoms with E-state index in [4.69, 9.17) is 14.4 Å². The van der Waals surface area contributed by atoms with Crippen LogP contribution in [-0.4, -0.2) is 18.2 Å². The molecule has 0 saturated carbocycles. The number of amides is 1. The van der Waals surface area contributed by atoms with E-state index in [0.717, 1.165) is 0 Å². The van der Waals surface area contributed by atoms with Crippen molar-refractivity contribution >= 4 is 18.2 Å². The molecule has 6 heteroatoms. The fourth-order valence-electron chi connectivity index (χ4n) is 1.62. The van der Waals surface area contributed by atoms with Crippen LogP contribution < -0.4 is 10.2 Å². The molecule has 0 saturated heterocycles. The van der Waals surface area contributed by atoms with Crippen molar-refractivity contribution in [3.8, 4) is 11.8 Å². The molecule has 2 aromatic rings. The molecule has 116 valence electrons. The Hall–Kier alpha value is -3.33. The Kier molecular flexibility index (Phi) is 5.72. The predicted octanol–water partition coefficient (Wildman–Crippen LogP) is 2.73. The summed E-state index contributed by atoms with van der Waals surface area (Å²) in [5.74, 6) is 0.825. The van der Waals surface area contributed by atoms with E-state index in [-0.39, 0.29) is 5.91 Å². The molecule has 1 heterocycles. The van der Waals surface area contributed by atoms with Crippen LogP contribution in [0.25, 0.3) is 6.08 Å². The van der Waals surface area contributed by atoms with Crippen LogP contribution in [0, 0.1) is 11.3 Å². The summed E-state index contributed by atoms with van der Waals surface area (Å²) >= 11 is 0. The molecule has 1 unspecified atom stereocenters. The van der Waals surface area contributed by atoms with Gasteiger partial charge in [0.25, 0.3) is 5.91 Å². The van der Waals surface area contributed by atoms with E-state index in [1.165, 1.54) is 6.21 Å². The second kappa shape index (κ2) is 8.20. The van der Waals surface area contributed by atoms with Crippen LogP contribution in [0.5, 0.6) is 5.75 Å². The molecule has 0 radical (unpaired) electrons. The Morgan fingerprint density at radius 3 is 2.83 bits per heavy atom. The first-order valence-electron chi connectivity index (χ1n) is 6.89. The van der Waals surface area contributed by atoms with Crippen molar-refractivity contribution < 1.29 is 13.9 Å². The number of nitrogens with one attached hydrogen (secondary N) is 1. The third-order valence-corrected chi connectivity index (χ3v) is 2.80. The number of hydrogen-bond acceptors (Lipinski definition) is 5. The van der Waals surface area contributed by atoms with Gasteiger partial charge in [-0.2, -0.15) is 10.4 Å². The first-order chi connectivity index (χ1) is 11.2. The SMILES string of the molecule is CC(Oc1ccc(C#N)cc1)C(=O)NN=CC=Cc1ccco1. The fraction of sp³-hybridized carbons (Fsp3) is 0.118. The number of hydrazone groups is 1. The largest absolute Gasteiger partial charge is 0.481 e. The Morgan fingerprint density at radius 2 is 2.17 bits per heavy atom. The van der Waals surface area contributed by atoms with Gasteiger partial charge in [-0.05, 0) is 55.5 Å². The number of allylic oxidation sites excluding steroid dienone is 1. The van der Waals surface area contributed by atoms with Crippen molar-refractivity contribution in [3.05, 3.63) is 60.1 Å². The number of carbonyl (C=O) groups is 1. The van der Waals surface area contributed by atoms with Gasteiger partial charge in [0.05, 0.1) is 17.9 Å². The number of carbonyl (C=O) groups excluding carboxylic acids is 1. The van der Waals surface area contributed by atoms with E-state index in [2.05, 4.69) is 10.5 Å². The molecule has 1 aromatic carbocycles. The normalized spacial score (nSPS) is 12.2. The Balaban J connectivity index is 1.79. The van der Waals surface area contributed by atoms with Crippen molar-refractivity contribution in [1.82, 2.24) is 5.43 Å². The highest BCUT2D eigenvalue weighted by atomic mass is 16.5. The van der Waals surface area contributed by atoms with Gasteiger partial charge < -0.3 is 9.15 Å². The van der Waals surface area contributed by atoms with E-state index >= 15 is 0 Å². The van der Waals surface area contributed by atoms with Crippen molar-refractivity contribution in [2.45, 2.75) is 13.0 Å². The maximum atomic E-state index is 11.8. The van der Waals surface area contributed by atoms with Gasteiger partial charge in [-0.3, -0.25) is 4.79 Å². The summed E-state index contributed by atoms with van der Waals surface area (Å²) in [6.07, 6.45) is 5.65. The Labute approximate surface area is 133 Å². The Morgan fingerprint density at radius 1 is 1.39 bits per heavy atom. The van der Waals surface area contributed by atoms with Crippen molar-refractivity contribution in [1.29, 1.82) is 5.26 Å². The molecule has 0 spiro atoms. The maximum Gasteiger partial charge on any atom is 0.280 e. The first-order valence-corrected chi connectivity index (χ1v) is 6.89. The quantitative estimate of drug-likeness (QED) is 0.656. The predicted molar refractivity (Wildman–Crippen MR) is 85.6 cm³/mol. The molecule has 1 amide bonds. The zero-order valence-electron chi connectivity index (χ0n) is 12.5. The summed E-state index contributed by atoms with van der Waals surface area (Å²) < 4.78 is 10.6. The fourth-order valence-corrected chi connectivity index (χ4v) is 1.62. The van der Waals surface area contributed by atoms with Crippen LogP contribution >= 0.6 is 0 Å². The van der Waals surface area contributed by atoms with Crippen molar-refractivity contribution in [3.63, 3.8) is 0 Å². The zero-order chi connectivity index (χ0) is 16.5. The number of hydrogen-bond donors (Lipinski definition) is 1. The van der Waals surface area contributed by atoms with E-state index in [1.807, 2.05) is 6.07 Å². The third-order valence-electron chi connectivity index (χ3n) is 2.80. The lowest BCUT2D eigenvalue weighted by molar-refractivity contribution is -0.127. The molecule has 23 heavy (non-hydrogen) atoms. The van der Waals surface area contributed by atoms with Crippen LogP contribution in [0.2, 0.25) is 0 Å². The molecule has 0 aliphatic rings. The summed E-state index contributed by atoms with van der Waals surface area (Å²) in [6, 6.07) is 12.1. The van der Waals surface area contributed by atoms with Crippen molar-refractivity contribution in [2.75, 3.05) is 0 Å². The highest BCUT2D eigenvalue weighted by molar-refractivity contribution is 5.83. The molecule has 0 bridgehead atoms. The van der Waals surface area contributed by atoms with Gasteiger partial charge in [0, 0.05) is 6.21 Å². The van der Waals surface area contributed by atoms with Gasteiger partial charge in [-0.25, -0.2) is 5.43 Å². The minimum atomic E-state index is -0.714. The van der Waals surface area contributed by atoms with Gasteiger partial charge in [-0.1, -0.05) is 0 Å². The summed E-state index contributed by atoms with van der Waals surface area (Å²) in [6.45, 7) is 1.61. The molecule has 2 rings (SSSR count). The maximum absolute atomic E-state index is 11.8. The van der Waals surface area contributed by atoms with Crippen LogP contribution in [0.15, 0.2) is 58.3 Å². The van der Waals surface area contributed by atoms with E-state index in [0.29, 0.717) is 17.1 Å².